The molecule has 1 aliphatic heterocycles. The van der Waals surface area contributed by atoms with Crippen molar-refractivity contribution < 1.29 is 42.2 Å². The van der Waals surface area contributed by atoms with Crippen LogP contribution in [0, 0.1) is 0 Å². The van der Waals surface area contributed by atoms with E-state index in [0.717, 1.165) is 6.54 Å². The monoisotopic (exact) mass is 510 g/mol. The van der Waals surface area contributed by atoms with Crippen LogP contribution in [0.2, 0.25) is 0 Å². The molecule has 0 atom stereocenters. The van der Waals surface area contributed by atoms with E-state index in [0.29, 0.717) is 34.8 Å². The Hall–Kier alpha value is -4.13. The Morgan fingerprint density at radius 1 is 0.972 bits per heavy atom. The molecule has 0 bridgehead atoms. The third kappa shape index (κ3) is 8.27. The molecule has 3 rings (SSSR count). The predicted molar refractivity (Wildman–Crippen MR) is 125 cm³/mol. The normalized spacial score (nSPS) is 12.1. The number of carboxylic acids is 1. The van der Waals surface area contributed by atoms with Gasteiger partial charge in [0, 0.05) is 37.1 Å². The predicted octanol–water partition coefficient (Wildman–Crippen LogP) is 3.17. The van der Waals surface area contributed by atoms with Gasteiger partial charge in [-0.2, -0.15) is 13.2 Å². The minimum atomic E-state index is -5.08. The number of carbonyl (C=O) groups is 4. The number of aliphatic carboxylic acids is 1. The fourth-order valence-electron chi connectivity index (χ4n) is 2.83. The molecular weight excluding hydrogens is 485 g/mol. The first-order valence-electron chi connectivity index (χ1n) is 10.5. The third-order valence-corrected chi connectivity index (χ3v) is 4.76. The molecule has 13 heteroatoms. The summed E-state index contributed by atoms with van der Waals surface area (Å²) in [5.41, 5.74) is 2.06. The van der Waals surface area contributed by atoms with Crippen molar-refractivity contribution in [2.24, 2.45) is 0 Å². The highest BCUT2D eigenvalue weighted by atomic mass is 19.4. The average molecular weight is 510 g/mol. The van der Waals surface area contributed by atoms with Crippen molar-refractivity contribution in [2.75, 3.05) is 51.5 Å². The van der Waals surface area contributed by atoms with Gasteiger partial charge in [0.2, 0.25) is 5.78 Å². The van der Waals surface area contributed by atoms with E-state index >= 15 is 0 Å². The smallest absolute Gasteiger partial charge is 0.485 e. The number of carboxylic acid groups (broad SMARTS) is 1. The molecule has 10 nitrogen and oxygen atoms in total. The van der Waals surface area contributed by atoms with Crippen LogP contribution in [0.1, 0.15) is 20.7 Å². The van der Waals surface area contributed by atoms with E-state index in [1.807, 2.05) is 19.0 Å². The van der Waals surface area contributed by atoms with Gasteiger partial charge >= 0.3 is 18.2 Å². The molecule has 2 aromatic rings. The summed E-state index contributed by atoms with van der Waals surface area (Å²) in [7, 11) is 5.67. The van der Waals surface area contributed by atoms with Gasteiger partial charge in [-0.3, -0.25) is 9.59 Å². The molecule has 1 heterocycles. The van der Waals surface area contributed by atoms with Crippen LogP contribution < -0.4 is 15.4 Å². The molecule has 0 unspecified atom stereocenters. The van der Waals surface area contributed by atoms with E-state index in [9.17, 15) is 27.6 Å². The molecule has 3 N–H and O–H groups in total. The van der Waals surface area contributed by atoms with E-state index in [4.69, 9.17) is 14.6 Å². The Morgan fingerprint density at radius 3 is 2.08 bits per heavy atom. The number of nitrogens with zero attached hydrogens (tertiary/aromatic N) is 2. The van der Waals surface area contributed by atoms with Crippen LogP contribution in [0.25, 0.3) is 0 Å². The Morgan fingerprint density at radius 2 is 1.53 bits per heavy atom. The van der Waals surface area contributed by atoms with Crippen molar-refractivity contribution in [3.05, 3.63) is 53.6 Å². The molecule has 2 aromatic carbocycles. The molecule has 0 aromatic heterocycles. The quantitative estimate of drug-likeness (QED) is 0.545. The van der Waals surface area contributed by atoms with Gasteiger partial charge < -0.3 is 30.3 Å². The molecule has 0 spiro atoms. The Balaban J connectivity index is 0.000000572. The maximum atomic E-state index is 12.4. The molecule has 0 radical (unpaired) electrons. The number of Topliss-reactive ketones (excluding diaryl/α,β-unsaturated/α-hetero) is 1. The van der Waals surface area contributed by atoms with Crippen LogP contribution >= 0.6 is 0 Å². The van der Waals surface area contributed by atoms with Crippen LogP contribution in [0.15, 0.2) is 42.5 Å². The number of ether oxygens (including phenoxy) is 1. The number of halogens is 3. The highest BCUT2D eigenvalue weighted by molar-refractivity contribution is 6.05. The summed E-state index contributed by atoms with van der Waals surface area (Å²) < 4.78 is 37.0. The van der Waals surface area contributed by atoms with Gasteiger partial charge in [0.1, 0.15) is 5.75 Å². The van der Waals surface area contributed by atoms with Crippen LogP contribution in [0.5, 0.6) is 5.75 Å². The summed E-state index contributed by atoms with van der Waals surface area (Å²) in [4.78, 5) is 48.9. The third-order valence-electron chi connectivity index (χ3n) is 4.76. The number of urea groups is 1. The zero-order valence-electron chi connectivity index (χ0n) is 19.7. The second-order valence-corrected chi connectivity index (χ2v) is 7.91. The number of nitrogens with one attached hydrogen (secondary N) is 2. The summed E-state index contributed by atoms with van der Waals surface area (Å²) in [5.74, 6) is -2.42. The molecule has 0 fully saturated rings. The molecule has 0 saturated heterocycles. The average Bonchev–Trinajstić information content (AvgIpc) is 3.17. The zero-order chi connectivity index (χ0) is 27.0. The first-order chi connectivity index (χ1) is 16.8. The molecule has 36 heavy (non-hydrogen) atoms. The summed E-state index contributed by atoms with van der Waals surface area (Å²) >= 11 is 0. The second kappa shape index (κ2) is 12.0. The first-order valence-corrected chi connectivity index (χ1v) is 10.5. The fraction of sp³-hybridized carbons (Fsp3) is 0.304. The zero-order valence-corrected chi connectivity index (χ0v) is 19.7. The van der Waals surface area contributed by atoms with Gasteiger partial charge in [0.05, 0.1) is 5.56 Å². The van der Waals surface area contributed by atoms with Crippen molar-refractivity contribution in [3.63, 3.8) is 0 Å². The van der Waals surface area contributed by atoms with Gasteiger partial charge in [0.25, 0.3) is 5.91 Å². The van der Waals surface area contributed by atoms with Gasteiger partial charge in [-0.1, -0.05) is 0 Å². The number of anilines is 2. The highest BCUT2D eigenvalue weighted by Crippen LogP contribution is 2.28. The molecule has 0 saturated carbocycles. The number of hydrogen-bond donors (Lipinski definition) is 3. The number of fused-ring (bicyclic) bond motifs is 1. The number of hydrogen-bond acceptors (Lipinski definition) is 6. The lowest BCUT2D eigenvalue weighted by atomic mass is 10.1. The SMILES string of the molecule is CN(C)CCN(C)C(=O)c1ccc(NC(=O)Nc2ccc3c(c2)C(=O)CO3)cc1.O=C(O)C(F)(F)F. The maximum Gasteiger partial charge on any atom is 0.490 e. The topological polar surface area (TPSA) is 128 Å². The van der Waals surface area contributed by atoms with Crippen LogP contribution in [0.4, 0.5) is 29.3 Å². The minimum absolute atomic E-state index is 0.0282. The second-order valence-electron chi connectivity index (χ2n) is 7.91. The van der Waals surface area contributed by atoms with Crippen molar-refractivity contribution in [2.45, 2.75) is 6.18 Å². The number of amides is 3. The number of alkyl halides is 3. The largest absolute Gasteiger partial charge is 0.490 e. The summed E-state index contributed by atoms with van der Waals surface area (Å²) in [6, 6.07) is 11.2. The van der Waals surface area contributed by atoms with Crippen molar-refractivity contribution >= 4 is 35.1 Å². The van der Waals surface area contributed by atoms with Gasteiger partial charge in [-0.25, -0.2) is 9.59 Å². The fourth-order valence-corrected chi connectivity index (χ4v) is 2.83. The number of benzene rings is 2. The van der Waals surface area contributed by atoms with Crippen molar-refractivity contribution in [3.8, 4) is 5.75 Å². The summed E-state index contributed by atoms with van der Waals surface area (Å²) in [6.45, 7) is 1.44. The molecule has 0 aliphatic carbocycles. The molecule has 194 valence electrons. The van der Waals surface area contributed by atoms with Gasteiger partial charge in [-0.15, -0.1) is 0 Å². The Kier molecular flexibility index (Phi) is 9.38. The lowest BCUT2D eigenvalue weighted by Crippen LogP contribution is -2.33. The number of ketones is 1. The van der Waals surface area contributed by atoms with E-state index in [-0.39, 0.29) is 18.3 Å². The molecular formula is C23H25F3N4O6. The number of likely N-dealkylation sites (N-methyl/N-ethyl adjacent to an activating group) is 2. The van der Waals surface area contributed by atoms with Gasteiger partial charge in [-0.05, 0) is 56.6 Å². The summed E-state index contributed by atoms with van der Waals surface area (Å²) in [6.07, 6.45) is -5.08. The highest BCUT2D eigenvalue weighted by Gasteiger charge is 2.38. The standard InChI is InChI=1S/C21H24N4O4.C2HF3O2/c1-24(2)10-11-25(3)20(27)14-4-6-15(7-5-14)22-21(28)23-16-8-9-19-17(12-16)18(26)13-29-19;3-2(4,5)1(6)7/h4-9,12H,10-11,13H2,1-3H3,(H2,22,23,28);(H,6,7). The lowest BCUT2D eigenvalue weighted by molar-refractivity contribution is -0.192. The van der Waals surface area contributed by atoms with Crippen LogP contribution in [0.3, 0.4) is 0 Å². The molecule has 3 amide bonds. The van der Waals surface area contributed by atoms with E-state index < -0.39 is 18.2 Å². The van der Waals surface area contributed by atoms with E-state index in [1.54, 1.807) is 54.4 Å². The minimum Gasteiger partial charge on any atom is -0.485 e. The first kappa shape index (κ1) is 28.1. The van der Waals surface area contributed by atoms with E-state index in [2.05, 4.69) is 10.6 Å². The Labute approximate surface area is 204 Å². The Bertz CT molecular complexity index is 1120. The van der Waals surface area contributed by atoms with Crippen molar-refractivity contribution in [1.82, 2.24) is 9.80 Å². The van der Waals surface area contributed by atoms with Crippen molar-refractivity contribution in [1.29, 1.82) is 0 Å². The maximum absolute atomic E-state index is 12.4. The van der Waals surface area contributed by atoms with Gasteiger partial charge in [0.15, 0.2) is 6.61 Å². The van der Waals surface area contributed by atoms with Crippen LogP contribution in [-0.4, -0.2) is 85.6 Å². The van der Waals surface area contributed by atoms with Crippen LogP contribution in [-0.2, 0) is 4.79 Å². The molecule has 1 aliphatic rings. The lowest BCUT2D eigenvalue weighted by Gasteiger charge is -2.19. The van der Waals surface area contributed by atoms with E-state index in [1.165, 1.54) is 0 Å². The summed E-state index contributed by atoms with van der Waals surface area (Å²) in [5, 5.41) is 12.5. The number of carbonyl (C=O) groups excluding carboxylic acids is 3. The number of rotatable bonds is 6.